The molecule has 0 saturated heterocycles. The fourth-order valence-corrected chi connectivity index (χ4v) is 1.88. The van der Waals surface area contributed by atoms with Gasteiger partial charge < -0.3 is 10.4 Å². The zero-order valence-electron chi connectivity index (χ0n) is 11.3. The topological polar surface area (TPSA) is 110 Å². The summed E-state index contributed by atoms with van der Waals surface area (Å²) in [5.41, 5.74) is 0.353. The van der Waals surface area contributed by atoms with E-state index in [9.17, 15) is 20.0 Å². The van der Waals surface area contributed by atoms with Crippen molar-refractivity contribution in [2.45, 2.75) is 6.42 Å². The van der Waals surface area contributed by atoms with Crippen LogP contribution in [0.4, 0.5) is 5.69 Å². The molecule has 1 amide bonds. The van der Waals surface area contributed by atoms with Crippen molar-refractivity contribution in [1.29, 1.82) is 0 Å². The third-order valence-electron chi connectivity index (χ3n) is 2.91. The summed E-state index contributed by atoms with van der Waals surface area (Å²) in [6, 6.07) is 3.83. The highest BCUT2D eigenvalue weighted by Crippen LogP contribution is 2.28. The fraction of sp³-hybridized carbons (Fsp3) is 0.231. The van der Waals surface area contributed by atoms with Crippen molar-refractivity contribution in [1.82, 2.24) is 15.1 Å². The van der Waals surface area contributed by atoms with Crippen molar-refractivity contribution in [3.8, 4) is 5.75 Å². The first-order valence-corrected chi connectivity index (χ1v) is 6.21. The van der Waals surface area contributed by atoms with Crippen LogP contribution in [0.15, 0.2) is 30.6 Å². The van der Waals surface area contributed by atoms with E-state index in [0.717, 1.165) is 11.6 Å². The number of phenolic OH excluding ortho intramolecular Hbond substituents is 1. The van der Waals surface area contributed by atoms with E-state index >= 15 is 0 Å². The van der Waals surface area contributed by atoms with E-state index in [1.807, 2.05) is 6.20 Å². The second-order valence-corrected chi connectivity index (χ2v) is 4.46. The molecule has 8 nitrogen and oxygen atoms in total. The molecule has 2 rings (SSSR count). The second-order valence-electron chi connectivity index (χ2n) is 4.46. The van der Waals surface area contributed by atoms with Crippen molar-refractivity contribution in [3.63, 3.8) is 0 Å². The van der Waals surface area contributed by atoms with E-state index in [1.165, 1.54) is 12.1 Å². The average Bonchev–Trinajstić information content (AvgIpc) is 2.84. The third-order valence-corrected chi connectivity index (χ3v) is 2.91. The Hall–Kier alpha value is -2.90. The largest absolute Gasteiger partial charge is 0.502 e. The molecule has 1 heterocycles. The zero-order valence-corrected chi connectivity index (χ0v) is 11.3. The van der Waals surface area contributed by atoms with Gasteiger partial charge in [-0.1, -0.05) is 6.07 Å². The van der Waals surface area contributed by atoms with Gasteiger partial charge >= 0.3 is 5.69 Å². The van der Waals surface area contributed by atoms with Gasteiger partial charge in [0.25, 0.3) is 5.91 Å². The Labute approximate surface area is 120 Å². The summed E-state index contributed by atoms with van der Waals surface area (Å²) in [5, 5.41) is 27.0. The summed E-state index contributed by atoms with van der Waals surface area (Å²) in [6.07, 6.45) is 4.10. The minimum absolute atomic E-state index is 0.115. The molecule has 0 aliphatic rings. The normalized spacial score (nSPS) is 10.3. The Kier molecular flexibility index (Phi) is 4.17. The number of carbonyl (C=O) groups excluding carboxylic acids is 1. The number of carbonyl (C=O) groups is 1. The first-order valence-electron chi connectivity index (χ1n) is 6.21. The van der Waals surface area contributed by atoms with Gasteiger partial charge in [-0.25, -0.2) is 0 Å². The van der Waals surface area contributed by atoms with Crippen LogP contribution in [0.5, 0.6) is 5.75 Å². The van der Waals surface area contributed by atoms with Gasteiger partial charge in [0.2, 0.25) is 5.75 Å². The van der Waals surface area contributed by atoms with Crippen molar-refractivity contribution < 1.29 is 14.8 Å². The van der Waals surface area contributed by atoms with Gasteiger partial charge in [0.15, 0.2) is 0 Å². The first-order chi connectivity index (χ1) is 9.99. The number of benzene rings is 1. The van der Waals surface area contributed by atoms with Gasteiger partial charge in [-0.15, -0.1) is 0 Å². The Balaban J connectivity index is 2.00. The number of hydrogen-bond donors (Lipinski definition) is 2. The van der Waals surface area contributed by atoms with Crippen LogP contribution in [-0.4, -0.2) is 32.3 Å². The second kappa shape index (κ2) is 6.04. The van der Waals surface area contributed by atoms with Crippen LogP contribution in [0.2, 0.25) is 0 Å². The molecule has 0 saturated carbocycles. The highest BCUT2D eigenvalue weighted by Gasteiger charge is 2.20. The summed E-state index contributed by atoms with van der Waals surface area (Å²) < 4.78 is 1.66. The lowest BCUT2D eigenvalue weighted by molar-refractivity contribution is -0.385. The Bertz CT molecular complexity index is 681. The smallest absolute Gasteiger partial charge is 0.311 e. The van der Waals surface area contributed by atoms with Gasteiger partial charge in [0, 0.05) is 25.9 Å². The van der Waals surface area contributed by atoms with Crippen LogP contribution in [0.1, 0.15) is 15.9 Å². The van der Waals surface area contributed by atoms with Gasteiger partial charge in [-0.2, -0.15) is 5.10 Å². The number of nitro benzene ring substituents is 1. The van der Waals surface area contributed by atoms with Crippen LogP contribution >= 0.6 is 0 Å². The predicted octanol–water partition coefficient (Wildman–Crippen LogP) is 1.01. The maximum atomic E-state index is 11.9. The van der Waals surface area contributed by atoms with E-state index < -0.39 is 22.3 Å². The fourth-order valence-electron chi connectivity index (χ4n) is 1.88. The monoisotopic (exact) mass is 290 g/mol. The molecule has 0 spiro atoms. The summed E-state index contributed by atoms with van der Waals surface area (Å²) in [5.74, 6) is -1.18. The van der Waals surface area contributed by atoms with E-state index in [4.69, 9.17) is 0 Å². The predicted molar refractivity (Wildman–Crippen MR) is 74.0 cm³/mol. The molecule has 2 aromatic rings. The number of rotatable bonds is 5. The number of nitrogens with zero attached hydrogens (tertiary/aromatic N) is 3. The number of nitro groups is 1. The van der Waals surface area contributed by atoms with Crippen molar-refractivity contribution in [3.05, 3.63) is 51.8 Å². The van der Waals surface area contributed by atoms with Crippen LogP contribution in [0.25, 0.3) is 0 Å². The molecule has 0 radical (unpaired) electrons. The molecule has 1 aromatic heterocycles. The van der Waals surface area contributed by atoms with Crippen LogP contribution in [-0.2, 0) is 13.5 Å². The molecule has 0 fully saturated rings. The number of nitrogens with one attached hydrogen (secondary N) is 1. The number of aromatic hydroxyl groups is 1. The molecule has 21 heavy (non-hydrogen) atoms. The van der Waals surface area contributed by atoms with E-state index in [1.54, 1.807) is 17.9 Å². The average molecular weight is 290 g/mol. The van der Waals surface area contributed by atoms with Crippen molar-refractivity contribution in [2.75, 3.05) is 6.54 Å². The van der Waals surface area contributed by atoms with E-state index in [-0.39, 0.29) is 5.56 Å². The maximum absolute atomic E-state index is 11.9. The summed E-state index contributed by atoms with van der Waals surface area (Å²) >= 11 is 0. The van der Waals surface area contributed by atoms with E-state index in [0.29, 0.717) is 13.0 Å². The Morgan fingerprint density at radius 3 is 2.90 bits per heavy atom. The molecule has 0 aliphatic heterocycles. The highest BCUT2D eigenvalue weighted by molar-refractivity contribution is 5.98. The van der Waals surface area contributed by atoms with E-state index in [2.05, 4.69) is 10.4 Å². The summed E-state index contributed by atoms with van der Waals surface area (Å²) in [7, 11) is 1.79. The van der Waals surface area contributed by atoms with Crippen LogP contribution in [0.3, 0.4) is 0 Å². The Morgan fingerprint density at radius 1 is 1.52 bits per heavy atom. The van der Waals surface area contributed by atoms with Crippen molar-refractivity contribution >= 4 is 11.6 Å². The highest BCUT2D eigenvalue weighted by atomic mass is 16.6. The number of para-hydroxylation sites is 1. The number of phenols is 1. The zero-order chi connectivity index (χ0) is 15.4. The number of amides is 1. The Morgan fingerprint density at radius 2 is 2.29 bits per heavy atom. The maximum Gasteiger partial charge on any atom is 0.311 e. The van der Waals surface area contributed by atoms with Gasteiger partial charge in [-0.3, -0.25) is 19.6 Å². The lowest BCUT2D eigenvalue weighted by Crippen LogP contribution is -2.25. The first kappa shape index (κ1) is 14.5. The minimum atomic E-state index is -0.734. The lowest BCUT2D eigenvalue weighted by Gasteiger charge is -2.06. The van der Waals surface area contributed by atoms with Gasteiger partial charge in [0.1, 0.15) is 0 Å². The molecule has 0 unspecified atom stereocenters. The molecule has 110 valence electrons. The van der Waals surface area contributed by atoms with Gasteiger partial charge in [0.05, 0.1) is 16.7 Å². The number of hydrogen-bond acceptors (Lipinski definition) is 5. The van der Waals surface area contributed by atoms with Gasteiger partial charge in [-0.05, 0) is 18.1 Å². The SMILES string of the molecule is Cn1cc(CCNC(=O)c2cccc([N+](=O)[O-])c2O)cn1. The third kappa shape index (κ3) is 3.35. The molecular formula is C13H14N4O4. The molecule has 1 aromatic carbocycles. The van der Waals surface area contributed by atoms with Crippen molar-refractivity contribution in [2.24, 2.45) is 7.05 Å². The summed E-state index contributed by atoms with van der Waals surface area (Å²) in [4.78, 5) is 21.9. The molecule has 8 heteroatoms. The molecule has 0 aliphatic carbocycles. The van der Waals surface area contributed by atoms with Crippen LogP contribution in [0, 0.1) is 10.1 Å². The quantitative estimate of drug-likeness (QED) is 0.630. The summed E-state index contributed by atoms with van der Waals surface area (Å²) in [6.45, 7) is 0.340. The molecular weight excluding hydrogens is 276 g/mol. The lowest BCUT2D eigenvalue weighted by atomic mass is 10.1. The van der Waals surface area contributed by atoms with Crippen LogP contribution < -0.4 is 5.32 Å². The molecule has 0 bridgehead atoms. The standard InChI is InChI=1S/C13H14N4O4/c1-16-8-9(7-15-16)5-6-14-13(19)10-3-2-4-11(12(10)18)17(20)21/h2-4,7-8,18H,5-6H2,1H3,(H,14,19). The number of aromatic nitrogens is 2. The number of aryl methyl sites for hydroxylation is 1. The molecule has 0 atom stereocenters. The molecule has 2 N–H and O–H groups in total. The minimum Gasteiger partial charge on any atom is -0.502 e.